The summed E-state index contributed by atoms with van der Waals surface area (Å²) in [4.78, 5) is 18.3. The van der Waals surface area contributed by atoms with E-state index in [0.29, 0.717) is 11.5 Å². The van der Waals surface area contributed by atoms with Gasteiger partial charge in [-0.1, -0.05) is 40.9 Å². The molecule has 3 rings (SSSR count). The fraction of sp³-hybridized carbons (Fsp3) is 0.400. The van der Waals surface area contributed by atoms with Gasteiger partial charge in [0.15, 0.2) is 18.8 Å². The number of allylic oxidation sites excluding steroid dienone is 1. The van der Waals surface area contributed by atoms with Crippen molar-refractivity contribution in [2.24, 2.45) is 0 Å². The fourth-order valence-corrected chi connectivity index (χ4v) is 3.72. The quantitative estimate of drug-likeness (QED) is 0.593. The Hall–Kier alpha value is -2.08. The second-order valence-electron chi connectivity index (χ2n) is 6.53. The first-order valence-corrected chi connectivity index (χ1v) is 9.61. The zero-order valence-electron chi connectivity index (χ0n) is 14.9. The average molecular weight is 419 g/mol. The van der Waals surface area contributed by atoms with E-state index in [0.717, 1.165) is 34.9 Å². The Balaban J connectivity index is 1.69. The molecule has 0 saturated heterocycles. The molecule has 0 atom stereocenters. The van der Waals surface area contributed by atoms with E-state index in [2.05, 4.69) is 27.5 Å². The molecule has 1 aromatic carbocycles. The van der Waals surface area contributed by atoms with Crippen LogP contribution in [0.2, 0.25) is 0 Å². The summed E-state index contributed by atoms with van der Waals surface area (Å²) in [6, 6.07) is 6.26. The Bertz CT molecular complexity index is 781. The normalized spacial score (nSPS) is 14.4. The standard InChI is InChI=1S/C20H23BrN2O3/c1-3-6-14-11-15(9-10-17(14)21)19-18(26-13-22-19)12-25-20(24)23(2)16-7-4-5-8-16/h3,9-11,13,16H,1,4-8,12H2,2H3. The largest absolute Gasteiger partial charge is 0.444 e. The zero-order valence-corrected chi connectivity index (χ0v) is 16.5. The third kappa shape index (κ3) is 4.18. The predicted octanol–water partition coefficient (Wildman–Crippen LogP) is 5.34. The van der Waals surface area contributed by atoms with Crippen LogP contribution in [0.5, 0.6) is 0 Å². The molecule has 1 heterocycles. The van der Waals surface area contributed by atoms with Crippen LogP contribution < -0.4 is 0 Å². The van der Waals surface area contributed by atoms with Crippen molar-refractivity contribution in [2.45, 2.75) is 44.8 Å². The predicted molar refractivity (Wildman–Crippen MR) is 104 cm³/mol. The summed E-state index contributed by atoms with van der Waals surface area (Å²) in [6.45, 7) is 3.86. The van der Waals surface area contributed by atoms with Crippen LogP contribution in [-0.4, -0.2) is 29.1 Å². The molecule has 6 heteroatoms. The van der Waals surface area contributed by atoms with Gasteiger partial charge in [0.1, 0.15) is 5.69 Å². The summed E-state index contributed by atoms with van der Waals surface area (Å²) in [6.07, 6.45) is 8.11. The number of amides is 1. The number of oxazole rings is 1. The number of hydrogen-bond donors (Lipinski definition) is 0. The highest BCUT2D eigenvalue weighted by Gasteiger charge is 2.25. The molecule has 1 fully saturated rings. The maximum absolute atomic E-state index is 12.3. The molecular formula is C20H23BrN2O3. The van der Waals surface area contributed by atoms with Crippen molar-refractivity contribution in [3.05, 3.63) is 53.0 Å². The number of ether oxygens (including phenoxy) is 1. The van der Waals surface area contributed by atoms with Gasteiger partial charge in [0.05, 0.1) is 0 Å². The molecule has 0 unspecified atom stereocenters. The van der Waals surface area contributed by atoms with E-state index in [1.54, 1.807) is 11.9 Å². The van der Waals surface area contributed by atoms with Crippen LogP contribution in [0.1, 0.15) is 37.0 Å². The summed E-state index contributed by atoms with van der Waals surface area (Å²) < 4.78 is 11.9. The Morgan fingerprint density at radius 1 is 1.46 bits per heavy atom. The molecule has 2 aromatic rings. The highest BCUT2D eigenvalue weighted by atomic mass is 79.9. The van der Waals surface area contributed by atoms with E-state index in [1.165, 1.54) is 19.2 Å². The van der Waals surface area contributed by atoms with E-state index < -0.39 is 0 Å². The lowest BCUT2D eigenvalue weighted by Gasteiger charge is -2.23. The van der Waals surface area contributed by atoms with Crippen molar-refractivity contribution >= 4 is 22.0 Å². The molecule has 0 spiro atoms. The van der Waals surface area contributed by atoms with Crippen molar-refractivity contribution in [1.29, 1.82) is 0 Å². The molecule has 5 nitrogen and oxygen atoms in total. The molecule has 1 aliphatic carbocycles. The molecule has 1 aromatic heterocycles. The number of nitrogens with zero attached hydrogens (tertiary/aromatic N) is 2. The number of carbonyl (C=O) groups excluding carboxylic acids is 1. The summed E-state index contributed by atoms with van der Waals surface area (Å²) in [7, 11) is 1.80. The number of benzene rings is 1. The number of rotatable bonds is 6. The maximum atomic E-state index is 12.3. The van der Waals surface area contributed by atoms with Crippen molar-refractivity contribution in [3.63, 3.8) is 0 Å². The monoisotopic (exact) mass is 418 g/mol. The number of carbonyl (C=O) groups is 1. The molecule has 138 valence electrons. The van der Waals surface area contributed by atoms with Crippen LogP contribution in [0, 0.1) is 0 Å². The van der Waals surface area contributed by atoms with Gasteiger partial charge in [0.25, 0.3) is 0 Å². The van der Waals surface area contributed by atoms with E-state index in [9.17, 15) is 4.79 Å². The van der Waals surface area contributed by atoms with Gasteiger partial charge >= 0.3 is 6.09 Å². The van der Waals surface area contributed by atoms with Crippen LogP contribution in [0.4, 0.5) is 4.79 Å². The zero-order chi connectivity index (χ0) is 18.5. The number of hydrogen-bond acceptors (Lipinski definition) is 4. The topological polar surface area (TPSA) is 55.6 Å². The summed E-state index contributed by atoms with van der Waals surface area (Å²) in [5, 5.41) is 0. The van der Waals surface area contributed by atoms with Gasteiger partial charge in [0, 0.05) is 23.1 Å². The molecule has 26 heavy (non-hydrogen) atoms. The Kier molecular flexibility index (Phi) is 6.14. The van der Waals surface area contributed by atoms with Crippen LogP contribution in [0.25, 0.3) is 11.3 Å². The van der Waals surface area contributed by atoms with Crippen LogP contribution in [0.15, 0.2) is 46.1 Å². The minimum Gasteiger partial charge on any atom is -0.444 e. The third-order valence-electron chi connectivity index (χ3n) is 4.81. The third-order valence-corrected chi connectivity index (χ3v) is 5.59. The smallest absolute Gasteiger partial charge is 0.410 e. The van der Waals surface area contributed by atoms with Gasteiger partial charge in [-0.3, -0.25) is 0 Å². The van der Waals surface area contributed by atoms with Crippen molar-refractivity contribution < 1.29 is 13.9 Å². The second kappa shape index (κ2) is 8.54. The Morgan fingerprint density at radius 3 is 2.96 bits per heavy atom. The molecule has 1 aliphatic rings. The Labute approximate surface area is 162 Å². The molecule has 1 saturated carbocycles. The molecule has 0 aliphatic heterocycles. The first kappa shape index (κ1) is 18.7. The second-order valence-corrected chi connectivity index (χ2v) is 7.38. The maximum Gasteiger partial charge on any atom is 0.410 e. The number of aromatic nitrogens is 1. The SMILES string of the molecule is C=CCc1cc(-c2ncoc2COC(=O)N(C)C2CCCC2)ccc1Br. The van der Waals surface area contributed by atoms with Crippen LogP contribution in [-0.2, 0) is 17.8 Å². The lowest BCUT2D eigenvalue weighted by atomic mass is 10.1. The van der Waals surface area contributed by atoms with Gasteiger partial charge in [-0.05, 0) is 37.0 Å². The minimum absolute atomic E-state index is 0.0675. The first-order valence-electron chi connectivity index (χ1n) is 8.81. The summed E-state index contributed by atoms with van der Waals surface area (Å²) in [5.74, 6) is 0.546. The summed E-state index contributed by atoms with van der Waals surface area (Å²) in [5.41, 5.74) is 2.73. The van der Waals surface area contributed by atoms with E-state index >= 15 is 0 Å². The van der Waals surface area contributed by atoms with E-state index in [1.807, 2.05) is 24.3 Å². The van der Waals surface area contributed by atoms with Gasteiger partial charge in [0.2, 0.25) is 0 Å². The Morgan fingerprint density at radius 2 is 2.23 bits per heavy atom. The van der Waals surface area contributed by atoms with E-state index in [4.69, 9.17) is 9.15 Å². The minimum atomic E-state index is -0.317. The molecule has 0 radical (unpaired) electrons. The lowest BCUT2D eigenvalue weighted by molar-refractivity contribution is 0.0860. The van der Waals surface area contributed by atoms with E-state index in [-0.39, 0.29) is 18.7 Å². The lowest BCUT2D eigenvalue weighted by Crippen LogP contribution is -2.35. The van der Waals surface area contributed by atoms with Gasteiger partial charge < -0.3 is 14.1 Å². The molecule has 0 bridgehead atoms. The van der Waals surface area contributed by atoms with Crippen molar-refractivity contribution in [1.82, 2.24) is 9.88 Å². The highest BCUT2D eigenvalue weighted by Crippen LogP contribution is 2.28. The van der Waals surface area contributed by atoms with Gasteiger partial charge in [-0.15, -0.1) is 6.58 Å². The van der Waals surface area contributed by atoms with Crippen LogP contribution >= 0.6 is 15.9 Å². The summed E-state index contributed by atoms with van der Waals surface area (Å²) >= 11 is 3.54. The van der Waals surface area contributed by atoms with Gasteiger partial charge in [-0.25, -0.2) is 9.78 Å². The first-order chi connectivity index (χ1) is 12.6. The highest BCUT2D eigenvalue weighted by molar-refractivity contribution is 9.10. The number of halogens is 1. The van der Waals surface area contributed by atoms with Crippen molar-refractivity contribution in [2.75, 3.05) is 7.05 Å². The molecular weight excluding hydrogens is 396 g/mol. The molecule has 0 N–H and O–H groups in total. The molecule has 1 amide bonds. The fourth-order valence-electron chi connectivity index (χ4n) is 3.31. The average Bonchev–Trinajstić information content (AvgIpc) is 3.33. The van der Waals surface area contributed by atoms with Gasteiger partial charge in [-0.2, -0.15) is 0 Å². The van der Waals surface area contributed by atoms with Crippen LogP contribution in [0.3, 0.4) is 0 Å². The van der Waals surface area contributed by atoms with Crippen molar-refractivity contribution in [3.8, 4) is 11.3 Å².